The lowest BCUT2D eigenvalue weighted by Crippen LogP contribution is -2.38. The van der Waals surface area contributed by atoms with E-state index in [0.29, 0.717) is 25.0 Å². The molecule has 0 unspecified atom stereocenters. The monoisotopic (exact) mass is 523 g/mol. The van der Waals surface area contributed by atoms with Crippen LogP contribution in [0.3, 0.4) is 0 Å². The topological polar surface area (TPSA) is 82.0 Å². The van der Waals surface area contributed by atoms with Crippen LogP contribution in [-0.4, -0.2) is 14.5 Å². The summed E-state index contributed by atoms with van der Waals surface area (Å²) in [5.74, 6) is -0.519. The van der Waals surface area contributed by atoms with Crippen molar-refractivity contribution >= 4 is 27.1 Å². The van der Waals surface area contributed by atoms with Gasteiger partial charge in [-0.1, -0.05) is 11.6 Å². The maximum absolute atomic E-state index is 13.2. The molecule has 0 spiro atoms. The van der Waals surface area contributed by atoms with E-state index in [1.54, 1.807) is 0 Å². The second-order valence-electron chi connectivity index (χ2n) is 7.47. The zero-order valence-electron chi connectivity index (χ0n) is 17.1. The van der Waals surface area contributed by atoms with E-state index >= 15 is 0 Å². The SMILES string of the molecule is N#C/C(=C(\Nc1cc(C(F)(F)F)cc(C(F)(F)F)c1)NC1CCC1)S(=O)(=O)c1ccc(Cl)cc1. The Morgan fingerprint density at radius 1 is 0.971 bits per heavy atom. The molecule has 0 atom stereocenters. The summed E-state index contributed by atoms with van der Waals surface area (Å²) in [5.41, 5.74) is -3.87. The molecule has 2 aromatic rings. The summed E-state index contributed by atoms with van der Waals surface area (Å²) in [6.45, 7) is 0. The highest BCUT2D eigenvalue weighted by Crippen LogP contribution is 2.38. The summed E-state index contributed by atoms with van der Waals surface area (Å²) in [6, 6.07) is 6.72. The molecule has 1 fully saturated rings. The molecular formula is C21H16ClF6N3O2S. The number of benzene rings is 2. The van der Waals surface area contributed by atoms with Crippen LogP contribution in [0.1, 0.15) is 30.4 Å². The van der Waals surface area contributed by atoms with Crippen LogP contribution in [-0.2, 0) is 22.2 Å². The van der Waals surface area contributed by atoms with Crippen LogP contribution in [0.5, 0.6) is 0 Å². The Labute approximate surface area is 195 Å². The lowest BCUT2D eigenvalue weighted by molar-refractivity contribution is -0.143. The maximum atomic E-state index is 13.2. The van der Waals surface area contributed by atoms with E-state index < -0.39 is 49.7 Å². The normalized spacial score (nSPS) is 15.7. The van der Waals surface area contributed by atoms with Crippen molar-refractivity contribution in [2.75, 3.05) is 5.32 Å². The molecule has 0 radical (unpaired) electrons. The van der Waals surface area contributed by atoms with Gasteiger partial charge in [-0.05, 0) is 61.7 Å². The molecule has 0 bridgehead atoms. The van der Waals surface area contributed by atoms with Crippen LogP contribution in [0.2, 0.25) is 5.02 Å². The van der Waals surface area contributed by atoms with Gasteiger partial charge in [0.05, 0.1) is 16.0 Å². The highest BCUT2D eigenvalue weighted by Gasteiger charge is 2.37. The van der Waals surface area contributed by atoms with Crippen molar-refractivity contribution in [2.45, 2.75) is 42.6 Å². The van der Waals surface area contributed by atoms with Gasteiger partial charge >= 0.3 is 12.4 Å². The number of allylic oxidation sites excluding steroid dienone is 1. The number of alkyl halides is 6. The second kappa shape index (κ2) is 9.38. The van der Waals surface area contributed by atoms with Crippen molar-refractivity contribution in [3.63, 3.8) is 0 Å². The molecule has 0 heterocycles. The lowest BCUT2D eigenvalue weighted by Gasteiger charge is -2.30. The first-order valence-corrected chi connectivity index (χ1v) is 11.6. The average Bonchev–Trinajstić information content (AvgIpc) is 2.69. The van der Waals surface area contributed by atoms with E-state index in [1.807, 2.05) is 0 Å². The Morgan fingerprint density at radius 2 is 1.50 bits per heavy atom. The Hall–Kier alpha value is -2.91. The predicted octanol–water partition coefficient (Wildman–Crippen LogP) is 6.10. The fourth-order valence-electron chi connectivity index (χ4n) is 3.07. The number of hydrogen-bond donors (Lipinski definition) is 2. The number of rotatable bonds is 6. The van der Waals surface area contributed by atoms with E-state index in [9.17, 15) is 40.0 Å². The second-order valence-corrected chi connectivity index (χ2v) is 9.79. The number of nitriles is 1. The number of nitrogens with one attached hydrogen (secondary N) is 2. The van der Waals surface area contributed by atoms with Gasteiger partial charge in [-0.25, -0.2) is 8.42 Å². The summed E-state index contributed by atoms with van der Waals surface area (Å²) >= 11 is 5.76. The number of anilines is 1. The first kappa shape index (κ1) is 25.7. The van der Waals surface area contributed by atoms with Gasteiger partial charge in [0.15, 0.2) is 4.91 Å². The first-order valence-electron chi connectivity index (χ1n) is 9.70. The predicted molar refractivity (Wildman–Crippen MR) is 112 cm³/mol. The van der Waals surface area contributed by atoms with Crippen LogP contribution < -0.4 is 10.6 Å². The van der Waals surface area contributed by atoms with Crippen LogP contribution in [0, 0.1) is 11.3 Å². The van der Waals surface area contributed by atoms with Gasteiger partial charge in [0.2, 0.25) is 9.84 Å². The van der Waals surface area contributed by atoms with Crippen molar-refractivity contribution in [2.24, 2.45) is 0 Å². The third-order valence-corrected chi connectivity index (χ3v) is 7.01. The summed E-state index contributed by atoms with van der Waals surface area (Å²) in [4.78, 5) is -1.23. The highest BCUT2D eigenvalue weighted by molar-refractivity contribution is 7.95. The third-order valence-electron chi connectivity index (χ3n) is 5.03. The lowest BCUT2D eigenvalue weighted by atomic mass is 9.93. The first-order chi connectivity index (χ1) is 15.7. The summed E-state index contributed by atoms with van der Waals surface area (Å²) < 4.78 is 106. The van der Waals surface area contributed by atoms with Gasteiger partial charge in [-0.2, -0.15) is 31.6 Å². The molecule has 182 valence electrons. The minimum Gasteiger partial charge on any atom is -0.367 e. The molecule has 0 aliphatic heterocycles. The van der Waals surface area contributed by atoms with Crippen molar-refractivity contribution in [3.8, 4) is 6.07 Å². The molecule has 1 saturated carbocycles. The van der Waals surface area contributed by atoms with Crippen molar-refractivity contribution in [1.29, 1.82) is 5.26 Å². The summed E-state index contributed by atoms with van der Waals surface area (Å²) in [6.07, 6.45) is -8.28. The minimum absolute atomic E-state index is 0.0520. The van der Waals surface area contributed by atoms with Gasteiger partial charge < -0.3 is 10.6 Å². The molecule has 0 aromatic heterocycles. The molecule has 0 amide bonds. The number of sulfone groups is 1. The van der Waals surface area contributed by atoms with Gasteiger partial charge in [0.25, 0.3) is 0 Å². The number of halogens is 7. The van der Waals surface area contributed by atoms with Crippen molar-refractivity contribution in [1.82, 2.24) is 5.32 Å². The van der Waals surface area contributed by atoms with E-state index in [0.717, 1.165) is 18.6 Å². The fourth-order valence-corrected chi connectivity index (χ4v) is 4.42. The molecule has 1 aliphatic carbocycles. The largest absolute Gasteiger partial charge is 0.416 e. The third kappa shape index (κ3) is 5.77. The highest BCUT2D eigenvalue weighted by atomic mass is 35.5. The van der Waals surface area contributed by atoms with E-state index in [1.165, 1.54) is 18.2 Å². The molecule has 34 heavy (non-hydrogen) atoms. The van der Waals surface area contributed by atoms with Crippen LogP contribution in [0.4, 0.5) is 32.0 Å². The van der Waals surface area contributed by atoms with Crippen LogP contribution in [0.25, 0.3) is 0 Å². The zero-order valence-corrected chi connectivity index (χ0v) is 18.6. The fraction of sp³-hybridized carbons (Fsp3) is 0.286. The molecule has 1 aliphatic rings. The number of hydrogen-bond acceptors (Lipinski definition) is 5. The van der Waals surface area contributed by atoms with Crippen LogP contribution in [0.15, 0.2) is 58.1 Å². The summed E-state index contributed by atoms with van der Waals surface area (Å²) in [7, 11) is -4.50. The van der Waals surface area contributed by atoms with E-state index in [2.05, 4.69) is 10.6 Å². The van der Waals surface area contributed by atoms with Gasteiger partial charge in [0.1, 0.15) is 11.9 Å². The summed E-state index contributed by atoms with van der Waals surface area (Å²) in [5, 5.41) is 14.9. The Balaban J connectivity index is 2.15. The molecule has 5 nitrogen and oxygen atoms in total. The molecule has 2 N–H and O–H groups in total. The molecule has 13 heteroatoms. The molecular weight excluding hydrogens is 508 g/mol. The number of nitrogens with zero attached hydrogens (tertiary/aromatic N) is 1. The minimum atomic E-state index is -5.10. The average molecular weight is 524 g/mol. The zero-order chi connectivity index (χ0) is 25.3. The Kier molecular flexibility index (Phi) is 7.10. The quantitative estimate of drug-likeness (QED) is 0.353. The molecule has 0 saturated heterocycles. The Morgan fingerprint density at radius 3 is 1.91 bits per heavy atom. The van der Waals surface area contributed by atoms with Gasteiger partial charge in [-0.3, -0.25) is 0 Å². The van der Waals surface area contributed by atoms with Gasteiger partial charge in [-0.15, -0.1) is 0 Å². The van der Waals surface area contributed by atoms with Crippen LogP contribution >= 0.6 is 11.6 Å². The van der Waals surface area contributed by atoms with Crippen molar-refractivity contribution in [3.05, 3.63) is 69.3 Å². The van der Waals surface area contributed by atoms with E-state index in [-0.39, 0.29) is 22.0 Å². The molecule has 2 aromatic carbocycles. The maximum Gasteiger partial charge on any atom is 0.416 e. The van der Waals surface area contributed by atoms with E-state index in [4.69, 9.17) is 11.6 Å². The standard InChI is InChI=1S/C21H16ClF6N3O2S/c22-14-4-6-17(7-5-14)34(32,33)18(11-29)19(30-15-2-1-3-15)31-16-9-12(20(23,24)25)8-13(10-16)21(26,27)28/h4-10,15,30-31H,1-3H2/b19-18+. The smallest absolute Gasteiger partial charge is 0.367 e. The Bertz CT molecular complexity index is 1210. The van der Waals surface area contributed by atoms with Crippen molar-refractivity contribution < 1.29 is 34.8 Å². The molecule has 3 rings (SSSR count). The van der Waals surface area contributed by atoms with Gasteiger partial charge in [0, 0.05) is 16.8 Å².